The molecule has 0 aliphatic carbocycles. The molecule has 0 bridgehead atoms. The fourth-order valence-electron chi connectivity index (χ4n) is 3.01. The molecule has 3 nitrogen and oxygen atoms in total. The quantitative estimate of drug-likeness (QED) is 0.910. The van der Waals surface area contributed by atoms with Crippen molar-refractivity contribution in [2.75, 3.05) is 5.32 Å². The van der Waals surface area contributed by atoms with Gasteiger partial charge in [-0.2, -0.15) is 0 Å². The molecule has 3 rings (SSSR count). The molecule has 2 N–H and O–H groups in total. The predicted molar refractivity (Wildman–Crippen MR) is 87.9 cm³/mol. The van der Waals surface area contributed by atoms with Crippen LogP contribution in [-0.4, -0.2) is 11.0 Å². The molecule has 22 heavy (non-hydrogen) atoms. The first-order valence-corrected chi connectivity index (χ1v) is 7.58. The van der Waals surface area contributed by atoms with E-state index in [0.29, 0.717) is 6.42 Å². The number of aryl methyl sites for hydroxylation is 1. The first kappa shape index (κ1) is 14.8. The van der Waals surface area contributed by atoms with Crippen molar-refractivity contribution < 1.29 is 9.90 Å². The Bertz CT molecular complexity index is 720. The summed E-state index contributed by atoms with van der Waals surface area (Å²) in [7, 11) is 0. The van der Waals surface area contributed by atoms with Crippen molar-refractivity contribution in [1.29, 1.82) is 0 Å². The summed E-state index contributed by atoms with van der Waals surface area (Å²) in [5.41, 5.74) is 4.28. The number of aliphatic hydroxyl groups excluding tert-OH is 1. The maximum atomic E-state index is 12.1. The summed E-state index contributed by atoms with van der Waals surface area (Å²) in [5.74, 6) is 0.0142. The molecule has 1 amide bonds. The minimum atomic E-state index is -0.571. The highest BCUT2D eigenvalue weighted by Crippen LogP contribution is 2.41. The molecular weight excluding hydrogens is 274 g/mol. The van der Waals surface area contributed by atoms with Crippen molar-refractivity contribution in [3.05, 3.63) is 64.7 Å². The van der Waals surface area contributed by atoms with Crippen LogP contribution in [0, 0.1) is 6.92 Å². The Morgan fingerprint density at radius 1 is 1.18 bits per heavy atom. The number of hydrogen-bond acceptors (Lipinski definition) is 2. The van der Waals surface area contributed by atoms with E-state index in [2.05, 4.69) is 5.32 Å². The zero-order chi connectivity index (χ0) is 15.9. The lowest BCUT2D eigenvalue weighted by molar-refractivity contribution is -0.119. The number of aliphatic hydroxyl groups is 1. The highest BCUT2D eigenvalue weighted by Gasteiger charge is 2.39. The lowest BCUT2D eigenvalue weighted by atomic mass is 9.83. The van der Waals surface area contributed by atoms with Crippen LogP contribution in [0.2, 0.25) is 0 Å². The standard InChI is InChI=1S/C19H21NO2/c1-12-9-14(16(21)10-13-7-5-4-6-8-13)11-15-17(12)20-18(22)19(15,2)3/h4-9,11,16,21H,10H2,1-3H3,(H,20,22). The Morgan fingerprint density at radius 2 is 1.86 bits per heavy atom. The summed E-state index contributed by atoms with van der Waals surface area (Å²) < 4.78 is 0. The molecule has 114 valence electrons. The zero-order valence-electron chi connectivity index (χ0n) is 13.2. The monoisotopic (exact) mass is 295 g/mol. The lowest BCUT2D eigenvalue weighted by Crippen LogP contribution is -2.26. The second-order valence-electron chi connectivity index (χ2n) is 6.55. The minimum absolute atomic E-state index is 0.0142. The topological polar surface area (TPSA) is 49.3 Å². The molecule has 2 aromatic rings. The molecule has 1 aliphatic heterocycles. The van der Waals surface area contributed by atoms with Crippen molar-refractivity contribution in [1.82, 2.24) is 0 Å². The van der Waals surface area contributed by atoms with E-state index >= 15 is 0 Å². The molecule has 3 heteroatoms. The average Bonchev–Trinajstić information content (AvgIpc) is 2.71. The summed E-state index contributed by atoms with van der Waals surface area (Å²) in [5, 5.41) is 13.5. The van der Waals surface area contributed by atoms with Crippen LogP contribution < -0.4 is 5.32 Å². The maximum Gasteiger partial charge on any atom is 0.234 e. The summed E-state index contributed by atoms with van der Waals surface area (Å²) in [6.45, 7) is 5.81. The highest BCUT2D eigenvalue weighted by molar-refractivity contribution is 6.06. The molecule has 0 fully saturated rings. The van der Waals surface area contributed by atoms with Crippen LogP contribution in [0.3, 0.4) is 0 Å². The van der Waals surface area contributed by atoms with Crippen LogP contribution in [0.4, 0.5) is 5.69 Å². The van der Waals surface area contributed by atoms with Crippen molar-refractivity contribution >= 4 is 11.6 Å². The number of carbonyl (C=O) groups excluding carboxylic acids is 1. The van der Waals surface area contributed by atoms with Crippen LogP contribution >= 0.6 is 0 Å². The van der Waals surface area contributed by atoms with E-state index in [0.717, 1.165) is 27.9 Å². The summed E-state index contributed by atoms with van der Waals surface area (Å²) in [6.07, 6.45) is -0.00108. The molecule has 0 saturated carbocycles. The average molecular weight is 295 g/mol. The van der Waals surface area contributed by atoms with E-state index in [9.17, 15) is 9.90 Å². The molecular formula is C19H21NO2. The Labute approximate surface area is 131 Å². The molecule has 1 atom stereocenters. The van der Waals surface area contributed by atoms with Gasteiger partial charge in [-0.05, 0) is 43.0 Å². The first-order chi connectivity index (χ1) is 10.4. The molecule has 1 heterocycles. The highest BCUT2D eigenvalue weighted by atomic mass is 16.3. The van der Waals surface area contributed by atoms with Gasteiger partial charge < -0.3 is 10.4 Å². The van der Waals surface area contributed by atoms with Crippen LogP contribution in [0.25, 0.3) is 0 Å². The third-order valence-corrected chi connectivity index (χ3v) is 4.49. The maximum absolute atomic E-state index is 12.1. The Kier molecular flexibility index (Phi) is 3.53. The van der Waals surface area contributed by atoms with Crippen LogP contribution in [0.5, 0.6) is 0 Å². The molecule has 0 radical (unpaired) electrons. The van der Waals surface area contributed by atoms with E-state index in [1.165, 1.54) is 0 Å². The van der Waals surface area contributed by atoms with Gasteiger partial charge in [-0.25, -0.2) is 0 Å². The number of hydrogen-bond donors (Lipinski definition) is 2. The largest absolute Gasteiger partial charge is 0.388 e. The third kappa shape index (κ3) is 2.42. The number of nitrogens with one attached hydrogen (secondary N) is 1. The Hall–Kier alpha value is -2.13. The second-order valence-corrected chi connectivity index (χ2v) is 6.55. The van der Waals surface area contributed by atoms with Gasteiger partial charge in [0.05, 0.1) is 11.5 Å². The molecule has 0 spiro atoms. The van der Waals surface area contributed by atoms with E-state index < -0.39 is 11.5 Å². The molecule has 1 unspecified atom stereocenters. The first-order valence-electron chi connectivity index (χ1n) is 7.58. The van der Waals surface area contributed by atoms with E-state index in [4.69, 9.17) is 0 Å². The van der Waals surface area contributed by atoms with Crippen molar-refractivity contribution in [2.45, 2.75) is 38.7 Å². The summed E-state index contributed by atoms with van der Waals surface area (Å²) in [4.78, 5) is 12.1. The van der Waals surface area contributed by atoms with E-state index in [-0.39, 0.29) is 5.91 Å². The fraction of sp³-hybridized carbons (Fsp3) is 0.316. The third-order valence-electron chi connectivity index (χ3n) is 4.49. The van der Waals surface area contributed by atoms with Crippen LogP contribution in [0.1, 0.15) is 42.2 Å². The summed E-state index contributed by atoms with van der Waals surface area (Å²) in [6, 6.07) is 13.9. The number of benzene rings is 2. The van der Waals surface area contributed by atoms with Crippen molar-refractivity contribution in [3.8, 4) is 0 Å². The molecule has 0 saturated heterocycles. The number of carbonyl (C=O) groups is 1. The zero-order valence-corrected chi connectivity index (χ0v) is 13.2. The van der Waals surface area contributed by atoms with E-state index in [1.807, 2.05) is 63.2 Å². The van der Waals surface area contributed by atoms with Crippen LogP contribution in [0.15, 0.2) is 42.5 Å². The number of rotatable bonds is 3. The van der Waals surface area contributed by atoms with Gasteiger partial charge in [-0.1, -0.05) is 42.5 Å². The number of fused-ring (bicyclic) bond motifs is 1. The minimum Gasteiger partial charge on any atom is -0.388 e. The molecule has 0 aromatic heterocycles. The fourth-order valence-corrected chi connectivity index (χ4v) is 3.01. The molecule has 2 aromatic carbocycles. The van der Waals surface area contributed by atoms with Gasteiger partial charge in [0, 0.05) is 12.1 Å². The number of anilines is 1. The van der Waals surface area contributed by atoms with Gasteiger partial charge in [0.15, 0.2) is 0 Å². The van der Waals surface area contributed by atoms with Crippen molar-refractivity contribution in [2.24, 2.45) is 0 Å². The second kappa shape index (κ2) is 5.25. The lowest BCUT2D eigenvalue weighted by Gasteiger charge is -2.19. The van der Waals surface area contributed by atoms with Gasteiger partial charge in [-0.3, -0.25) is 4.79 Å². The van der Waals surface area contributed by atoms with Gasteiger partial charge in [0.25, 0.3) is 0 Å². The molecule has 1 aliphatic rings. The van der Waals surface area contributed by atoms with Gasteiger partial charge in [0.2, 0.25) is 5.91 Å². The Morgan fingerprint density at radius 3 is 2.55 bits per heavy atom. The smallest absolute Gasteiger partial charge is 0.234 e. The Balaban J connectivity index is 1.95. The SMILES string of the molecule is Cc1cc(C(O)Cc2ccccc2)cc2c1NC(=O)C2(C)C. The summed E-state index contributed by atoms with van der Waals surface area (Å²) >= 11 is 0. The van der Waals surface area contributed by atoms with Gasteiger partial charge in [0.1, 0.15) is 0 Å². The predicted octanol–water partition coefficient (Wildman–Crippen LogP) is 3.50. The van der Waals surface area contributed by atoms with Crippen LogP contribution in [-0.2, 0) is 16.6 Å². The number of amides is 1. The normalized spacial score (nSPS) is 17.0. The van der Waals surface area contributed by atoms with E-state index in [1.54, 1.807) is 0 Å². The van der Waals surface area contributed by atoms with Crippen molar-refractivity contribution in [3.63, 3.8) is 0 Å². The van der Waals surface area contributed by atoms with Gasteiger partial charge in [-0.15, -0.1) is 0 Å². The van der Waals surface area contributed by atoms with Gasteiger partial charge >= 0.3 is 0 Å².